The highest BCUT2D eigenvalue weighted by atomic mass is 16.6. The summed E-state index contributed by atoms with van der Waals surface area (Å²) in [5.41, 5.74) is 0.786. The van der Waals surface area contributed by atoms with Gasteiger partial charge < -0.3 is 19.5 Å². The lowest BCUT2D eigenvalue weighted by Crippen LogP contribution is -2.21. The Morgan fingerprint density at radius 3 is 2.54 bits per heavy atom. The van der Waals surface area contributed by atoms with Crippen molar-refractivity contribution in [2.24, 2.45) is 0 Å². The number of hydrogen-bond donors (Lipinski definition) is 1. The van der Waals surface area contributed by atoms with Crippen molar-refractivity contribution in [2.45, 2.75) is 13.8 Å². The largest absolute Gasteiger partial charge is 0.493 e. The van der Waals surface area contributed by atoms with Gasteiger partial charge >= 0.3 is 11.7 Å². The lowest BCUT2D eigenvalue weighted by Gasteiger charge is -2.12. The fraction of sp³-hybridized carbons (Fsp3) is 0.263. The molecule has 0 saturated heterocycles. The molecule has 0 heterocycles. The van der Waals surface area contributed by atoms with Crippen LogP contribution in [-0.4, -0.2) is 37.1 Å². The molecule has 0 spiro atoms. The lowest BCUT2D eigenvalue weighted by molar-refractivity contribution is -0.385. The molecule has 0 atom stereocenters. The number of esters is 1. The molecule has 0 bridgehead atoms. The molecule has 9 nitrogen and oxygen atoms in total. The predicted octanol–water partition coefficient (Wildman–Crippen LogP) is 3.11. The number of carbonyl (C=O) groups is 2. The number of carbonyl (C=O) groups excluding carboxylic acids is 2. The van der Waals surface area contributed by atoms with Crippen LogP contribution in [0.1, 0.15) is 22.8 Å². The molecule has 2 rings (SSSR count). The van der Waals surface area contributed by atoms with Gasteiger partial charge in [0, 0.05) is 17.8 Å². The highest BCUT2D eigenvalue weighted by Crippen LogP contribution is 2.32. The normalized spacial score (nSPS) is 10.1. The first kappa shape index (κ1) is 20.7. The fourth-order valence-electron chi connectivity index (χ4n) is 2.43. The van der Waals surface area contributed by atoms with Gasteiger partial charge in [0.1, 0.15) is 11.3 Å². The first-order valence-corrected chi connectivity index (χ1v) is 8.39. The number of rotatable bonds is 8. The zero-order chi connectivity index (χ0) is 20.7. The summed E-state index contributed by atoms with van der Waals surface area (Å²) in [6, 6.07) is 9.19. The molecule has 0 radical (unpaired) electrons. The van der Waals surface area contributed by atoms with Crippen LogP contribution in [0.4, 0.5) is 11.4 Å². The second-order valence-electron chi connectivity index (χ2n) is 5.65. The standard InChI is InChI=1S/C19H20N2O7/c1-4-27-16-8-6-5-7-13(16)19(23)28-11-18(22)20-14-10-17(26-3)15(21(24)25)9-12(14)2/h5-10H,4,11H2,1-3H3,(H,20,22). The third-order valence-corrected chi connectivity index (χ3v) is 3.74. The van der Waals surface area contributed by atoms with E-state index in [-0.39, 0.29) is 17.0 Å². The molecule has 2 aromatic carbocycles. The van der Waals surface area contributed by atoms with Crippen LogP contribution < -0.4 is 14.8 Å². The number of hydrogen-bond acceptors (Lipinski definition) is 7. The summed E-state index contributed by atoms with van der Waals surface area (Å²) >= 11 is 0. The Kier molecular flexibility index (Phi) is 6.91. The average Bonchev–Trinajstić information content (AvgIpc) is 2.68. The molecular formula is C19H20N2O7. The lowest BCUT2D eigenvalue weighted by atomic mass is 10.1. The van der Waals surface area contributed by atoms with Crippen molar-refractivity contribution in [1.29, 1.82) is 0 Å². The summed E-state index contributed by atoms with van der Waals surface area (Å²) in [5, 5.41) is 13.6. The van der Waals surface area contributed by atoms with Gasteiger partial charge in [0.05, 0.1) is 18.6 Å². The zero-order valence-corrected chi connectivity index (χ0v) is 15.7. The molecule has 1 amide bonds. The Balaban J connectivity index is 2.05. The van der Waals surface area contributed by atoms with E-state index >= 15 is 0 Å². The first-order chi connectivity index (χ1) is 13.4. The van der Waals surface area contributed by atoms with Crippen molar-refractivity contribution < 1.29 is 28.7 Å². The summed E-state index contributed by atoms with van der Waals surface area (Å²) in [5.74, 6) is -0.918. The minimum atomic E-state index is -0.697. The number of benzene rings is 2. The Morgan fingerprint density at radius 1 is 1.18 bits per heavy atom. The van der Waals surface area contributed by atoms with Crippen molar-refractivity contribution in [3.63, 3.8) is 0 Å². The Labute approximate surface area is 161 Å². The number of nitro benzene ring substituents is 1. The molecular weight excluding hydrogens is 368 g/mol. The molecule has 0 saturated carbocycles. The minimum absolute atomic E-state index is 0.00790. The summed E-state index contributed by atoms with van der Waals surface area (Å²) in [6.45, 7) is 3.24. The number of aryl methyl sites for hydroxylation is 1. The van der Waals surface area contributed by atoms with Crippen LogP contribution in [0.5, 0.6) is 11.5 Å². The average molecular weight is 388 g/mol. The van der Waals surface area contributed by atoms with Gasteiger partial charge in [-0.2, -0.15) is 0 Å². The van der Waals surface area contributed by atoms with Gasteiger partial charge in [-0.1, -0.05) is 12.1 Å². The van der Waals surface area contributed by atoms with Crippen LogP contribution in [0.3, 0.4) is 0 Å². The summed E-state index contributed by atoms with van der Waals surface area (Å²) in [7, 11) is 1.29. The van der Waals surface area contributed by atoms with E-state index in [4.69, 9.17) is 14.2 Å². The van der Waals surface area contributed by atoms with E-state index in [1.54, 1.807) is 32.0 Å². The Morgan fingerprint density at radius 2 is 1.89 bits per heavy atom. The molecule has 2 aromatic rings. The summed E-state index contributed by atoms with van der Waals surface area (Å²) < 4.78 is 15.4. The molecule has 0 unspecified atom stereocenters. The van der Waals surface area contributed by atoms with E-state index in [1.807, 2.05) is 0 Å². The van der Waals surface area contributed by atoms with Crippen LogP contribution in [0.15, 0.2) is 36.4 Å². The molecule has 148 valence electrons. The van der Waals surface area contributed by atoms with Gasteiger partial charge in [-0.15, -0.1) is 0 Å². The van der Waals surface area contributed by atoms with E-state index in [0.29, 0.717) is 23.6 Å². The molecule has 0 aliphatic carbocycles. The second-order valence-corrected chi connectivity index (χ2v) is 5.65. The maximum absolute atomic E-state index is 12.2. The third-order valence-electron chi connectivity index (χ3n) is 3.74. The molecule has 28 heavy (non-hydrogen) atoms. The van der Waals surface area contributed by atoms with Gasteiger partial charge in [0.25, 0.3) is 5.91 Å². The number of ether oxygens (including phenoxy) is 3. The van der Waals surface area contributed by atoms with Gasteiger partial charge in [-0.25, -0.2) is 4.79 Å². The first-order valence-electron chi connectivity index (χ1n) is 8.39. The van der Waals surface area contributed by atoms with Crippen molar-refractivity contribution in [3.8, 4) is 11.5 Å². The highest BCUT2D eigenvalue weighted by Gasteiger charge is 2.19. The van der Waals surface area contributed by atoms with Crippen LogP contribution >= 0.6 is 0 Å². The quantitative estimate of drug-likeness (QED) is 0.419. The maximum Gasteiger partial charge on any atom is 0.342 e. The number of nitrogens with zero attached hydrogens (tertiary/aromatic N) is 1. The summed E-state index contributed by atoms with van der Waals surface area (Å²) in [6.07, 6.45) is 0. The molecule has 0 fully saturated rings. The molecule has 0 aliphatic heterocycles. The van der Waals surface area contributed by atoms with Crippen molar-refractivity contribution in [1.82, 2.24) is 0 Å². The number of nitro groups is 1. The maximum atomic E-state index is 12.2. The van der Waals surface area contributed by atoms with Crippen LogP contribution in [0.2, 0.25) is 0 Å². The smallest absolute Gasteiger partial charge is 0.342 e. The van der Waals surface area contributed by atoms with E-state index < -0.39 is 23.4 Å². The number of methoxy groups -OCH3 is 1. The third kappa shape index (κ3) is 4.97. The van der Waals surface area contributed by atoms with E-state index in [9.17, 15) is 19.7 Å². The fourth-order valence-corrected chi connectivity index (χ4v) is 2.43. The number of para-hydroxylation sites is 1. The molecule has 0 aliphatic rings. The predicted molar refractivity (Wildman–Crippen MR) is 101 cm³/mol. The van der Waals surface area contributed by atoms with Gasteiger partial charge in [0.2, 0.25) is 0 Å². The summed E-state index contributed by atoms with van der Waals surface area (Å²) in [4.78, 5) is 34.8. The van der Waals surface area contributed by atoms with Crippen molar-refractivity contribution >= 4 is 23.3 Å². The monoisotopic (exact) mass is 388 g/mol. The van der Waals surface area contributed by atoms with Crippen LogP contribution in [0, 0.1) is 17.0 Å². The SMILES string of the molecule is CCOc1ccccc1C(=O)OCC(=O)Nc1cc(OC)c([N+](=O)[O-])cc1C. The van der Waals surface area contributed by atoms with Gasteiger partial charge in [-0.05, 0) is 31.5 Å². The highest BCUT2D eigenvalue weighted by molar-refractivity contribution is 5.97. The molecule has 1 N–H and O–H groups in total. The van der Waals surface area contributed by atoms with Crippen molar-refractivity contribution in [3.05, 3.63) is 57.6 Å². The van der Waals surface area contributed by atoms with Crippen LogP contribution in [-0.2, 0) is 9.53 Å². The van der Waals surface area contributed by atoms with E-state index in [1.165, 1.54) is 25.3 Å². The molecule has 9 heteroatoms. The zero-order valence-electron chi connectivity index (χ0n) is 15.7. The Bertz CT molecular complexity index is 896. The topological polar surface area (TPSA) is 117 Å². The van der Waals surface area contributed by atoms with Gasteiger partial charge in [0.15, 0.2) is 12.4 Å². The van der Waals surface area contributed by atoms with Crippen molar-refractivity contribution in [2.75, 3.05) is 25.6 Å². The van der Waals surface area contributed by atoms with Crippen LogP contribution in [0.25, 0.3) is 0 Å². The number of anilines is 1. The second kappa shape index (κ2) is 9.36. The van der Waals surface area contributed by atoms with Gasteiger partial charge in [-0.3, -0.25) is 14.9 Å². The number of nitrogens with one attached hydrogen (secondary N) is 1. The Hall–Kier alpha value is -3.62. The van der Waals surface area contributed by atoms with E-state index in [0.717, 1.165) is 0 Å². The minimum Gasteiger partial charge on any atom is -0.493 e. The number of amides is 1. The molecule has 0 aromatic heterocycles. The van der Waals surface area contributed by atoms with E-state index in [2.05, 4.69) is 5.32 Å².